The summed E-state index contributed by atoms with van der Waals surface area (Å²) in [6.45, 7) is 1.74. The molecular formula is C12H18N2O2. The molecular weight excluding hydrogens is 204 g/mol. The monoisotopic (exact) mass is 222 g/mol. The van der Waals surface area contributed by atoms with Crippen molar-refractivity contribution in [2.75, 3.05) is 0 Å². The zero-order valence-electron chi connectivity index (χ0n) is 9.57. The van der Waals surface area contributed by atoms with Crippen molar-refractivity contribution in [2.24, 2.45) is 5.92 Å². The Labute approximate surface area is 95.1 Å². The highest BCUT2D eigenvalue weighted by molar-refractivity contribution is 5.69. The first-order chi connectivity index (χ1) is 7.68. The van der Waals surface area contributed by atoms with Crippen LogP contribution in [0.5, 0.6) is 0 Å². The summed E-state index contributed by atoms with van der Waals surface area (Å²) in [4.78, 5) is 10.8. The van der Waals surface area contributed by atoms with Crippen molar-refractivity contribution in [3.8, 4) is 0 Å². The van der Waals surface area contributed by atoms with Gasteiger partial charge in [-0.1, -0.05) is 19.8 Å². The molecule has 1 saturated carbocycles. The van der Waals surface area contributed by atoms with Gasteiger partial charge in [-0.3, -0.25) is 9.89 Å². The van der Waals surface area contributed by atoms with E-state index < -0.39 is 5.97 Å². The van der Waals surface area contributed by atoms with Crippen molar-refractivity contribution in [3.63, 3.8) is 0 Å². The number of carboxylic acid groups (broad SMARTS) is 1. The average Bonchev–Trinajstić information content (AvgIpc) is 2.85. The fraction of sp³-hybridized carbons (Fsp3) is 0.667. The van der Waals surface area contributed by atoms with Crippen LogP contribution in [-0.2, 0) is 11.2 Å². The van der Waals surface area contributed by atoms with E-state index in [1.807, 2.05) is 6.20 Å². The summed E-state index contributed by atoms with van der Waals surface area (Å²) in [5, 5.41) is 15.9. The van der Waals surface area contributed by atoms with Crippen LogP contribution in [0.25, 0.3) is 0 Å². The zero-order chi connectivity index (χ0) is 11.5. The van der Waals surface area contributed by atoms with Crippen molar-refractivity contribution in [1.29, 1.82) is 0 Å². The van der Waals surface area contributed by atoms with Crippen LogP contribution < -0.4 is 0 Å². The molecule has 1 heterocycles. The van der Waals surface area contributed by atoms with Crippen molar-refractivity contribution >= 4 is 5.97 Å². The summed E-state index contributed by atoms with van der Waals surface area (Å²) >= 11 is 0. The second-order valence-electron chi connectivity index (χ2n) is 4.73. The highest BCUT2D eigenvalue weighted by atomic mass is 16.4. The van der Waals surface area contributed by atoms with E-state index in [0.717, 1.165) is 5.69 Å². The number of nitrogens with one attached hydrogen (secondary N) is 1. The van der Waals surface area contributed by atoms with Crippen LogP contribution in [0, 0.1) is 5.92 Å². The molecule has 0 bridgehead atoms. The van der Waals surface area contributed by atoms with E-state index in [1.165, 1.54) is 31.2 Å². The van der Waals surface area contributed by atoms with Gasteiger partial charge in [0.1, 0.15) is 0 Å². The number of carbonyl (C=O) groups is 1. The number of hydrogen-bond acceptors (Lipinski definition) is 2. The third kappa shape index (κ3) is 2.26. The minimum absolute atomic E-state index is 0.347. The van der Waals surface area contributed by atoms with Crippen LogP contribution in [0.4, 0.5) is 0 Å². The lowest BCUT2D eigenvalue weighted by molar-refractivity contribution is -0.141. The summed E-state index contributed by atoms with van der Waals surface area (Å²) in [5.41, 5.74) is 2.26. The number of carboxylic acids is 1. The lowest BCUT2D eigenvalue weighted by atomic mass is 9.94. The molecule has 0 aromatic carbocycles. The first-order valence-electron chi connectivity index (χ1n) is 5.93. The number of H-pyrrole nitrogens is 1. The Morgan fingerprint density at radius 3 is 2.94 bits per heavy atom. The van der Waals surface area contributed by atoms with Gasteiger partial charge < -0.3 is 5.11 Å². The molecule has 0 amide bonds. The third-order valence-corrected chi connectivity index (χ3v) is 3.48. The normalized spacial score (nSPS) is 18.8. The molecule has 0 aliphatic heterocycles. The van der Waals surface area contributed by atoms with Gasteiger partial charge in [-0.05, 0) is 24.3 Å². The lowest BCUT2D eigenvalue weighted by Gasteiger charge is -2.11. The maximum atomic E-state index is 10.8. The molecule has 0 radical (unpaired) electrons. The molecule has 4 nitrogen and oxygen atoms in total. The molecule has 0 saturated heterocycles. The molecule has 1 atom stereocenters. The molecule has 1 aliphatic rings. The molecule has 1 aromatic heterocycles. The van der Waals surface area contributed by atoms with E-state index in [1.54, 1.807) is 6.92 Å². The fourth-order valence-corrected chi connectivity index (χ4v) is 2.47. The summed E-state index contributed by atoms with van der Waals surface area (Å²) in [5.74, 6) is -0.498. The maximum absolute atomic E-state index is 10.8. The van der Waals surface area contributed by atoms with E-state index in [4.69, 9.17) is 5.11 Å². The number of aliphatic carboxylic acids is 1. The Kier molecular flexibility index (Phi) is 3.27. The van der Waals surface area contributed by atoms with Crippen LogP contribution in [0.1, 0.15) is 49.8 Å². The van der Waals surface area contributed by atoms with Gasteiger partial charge in [-0.25, -0.2) is 0 Å². The van der Waals surface area contributed by atoms with Crippen LogP contribution >= 0.6 is 0 Å². The molecule has 1 aliphatic carbocycles. The van der Waals surface area contributed by atoms with Crippen molar-refractivity contribution < 1.29 is 9.90 Å². The van der Waals surface area contributed by atoms with Gasteiger partial charge in [-0.2, -0.15) is 5.10 Å². The van der Waals surface area contributed by atoms with Gasteiger partial charge in [0.2, 0.25) is 0 Å². The molecule has 88 valence electrons. The minimum Gasteiger partial charge on any atom is -0.481 e. The Morgan fingerprint density at radius 1 is 1.62 bits per heavy atom. The standard InChI is InChI=1S/C12H18N2O2/c1-8(12(15)16)6-11-10(7-13-14-11)9-4-2-3-5-9/h7-9H,2-6H2,1H3,(H,13,14)(H,15,16). The Bertz CT molecular complexity index is 367. The van der Waals surface area contributed by atoms with Crippen LogP contribution in [0.15, 0.2) is 6.20 Å². The molecule has 1 fully saturated rings. The largest absolute Gasteiger partial charge is 0.481 e. The Hall–Kier alpha value is -1.32. The summed E-state index contributed by atoms with van der Waals surface area (Å²) < 4.78 is 0. The van der Waals surface area contributed by atoms with E-state index in [9.17, 15) is 4.79 Å². The summed E-state index contributed by atoms with van der Waals surface area (Å²) in [7, 11) is 0. The summed E-state index contributed by atoms with van der Waals surface area (Å²) in [6, 6.07) is 0. The first kappa shape index (κ1) is 11.2. The fourth-order valence-electron chi connectivity index (χ4n) is 2.47. The minimum atomic E-state index is -0.744. The summed E-state index contributed by atoms with van der Waals surface area (Å²) in [6.07, 6.45) is 7.43. The number of aromatic amines is 1. The quantitative estimate of drug-likeness (QED) is 0.821. The predicted molar refractivity (Wildman–Crippen MR) is 60.3 cm³/mol. The lowest BCUT2D eigenvalue weighted by Crippen LogP contribution is -2.13. The van der Waals surface area contributed by atoms with E-state index >= 15 is 0 Å². The average molecular weight is 222 g/mol. The maximum Gasteiger partial charge on any atom is 0.306 e. The van der Waals surface area contributed by atoms with Crippen LogP contribution in [-0.4, -0.2) is 21.3 Å². The number of aromatic nitrogens is 2. The molecule has 0 spiro atoms. The van der Waals surface area contributed by atoms with Crippen LogP contribution in [0.3, 0.4) is 0 Å². The molecule has 2 rings (SSSR count). The topological polar surface area (TPSA) is 66.0 Å². The molecule has 1 aromatic rings. The first-order valence-corrected chi connectivity index (χ1v) is 5.93. The van der Waals surface area contributed by atoms with E-state index in [0.29, 0.717) is 12.3 Å². The highest BCUT2D eigenvalue weighted by Gasteiger charge is 2.23. The van der Waals surface area contributed by atoms with Crippen LogP contribution in [0.2, 0.25) is 0 Å². The second-order valence-corrected chi connectivity index (χ2v) is 4.73. The smallest absolute Gasteiger partial charge is 0.306 e. The highest BCUT2D eigenvalue weighted by Crippen LogP contribution is 2.35. The van der Waals surface area contributed by atoms with E-state index in [-0.39, 0.29) is 5.92 Å². The number of rotatable bonds is 4. The predicted octanol–water partition coefficient (Wildman–Crippen LogP) is 2.33. The van der Waals surface area contributed by atoms with Gasteiger partial charge in [0.25, 0.3) is 0 Å². The van der Waals surface area contributed by atoms with E-state index in [2.05, 4.69) is 10.2 Å². The van der Waals surface area contributed by atoms with Gasteiger partial charge in [0, 0.05) is 12.1 Å². The van der Waals surface area contributed by atoms with Gasteiger partial charge in [0.05, 0.1) is 12.1 Å². The molecule has 1 unspecified atom stereocenters. The molecule has 2 N–H and O–H groups in total. The zero-order valence-corrected chi connectivity index (χ0v) is 9.57. The van der Waals surface area contributed by atoms with Gasteiger partial charge in [-0.15, -0.1) is 0 Å². The second kappa shape index (κ2) is 4.68. The Balaban J connectivity index is 2.09. The van der Waals surface area contributed by atoms with Crippen molar-refractivity contribution in [1.82, 2.24) is 10.2 Å². The van der Waals surface area contributed by atoms with Gasteiger partial charge >= 0.3 is 5.97 Å². The molecule has 16 heavy (non-hydrogen) atoms. The van der Waals surface area contributed by atoms with Crippen molar-refractivity contribution in [3.05, 3.63) is 17.5 Å². The Morgan fingerprint density at radius 2 is 2.31 bits per heavy atom. The van der Waals surface area contributed by atoms with Crippen molar-refractivity contribution in [2.45, 2.75) is 44.9 Å². The SMILES string of the molecule is CC(Cc1[nH]ncc1C1CCCC1)C(=O)O. The number of hydrogen-bond donors (Lipinski definition) is 2. The molecule has 4 heteroatoms. The van der Waals surface area contributed by atoms with Gasteiger partial charge in [0.15, 0.2) is 0 Å². The number of nitrogens with zero attached hydrogens (tertiary/aromatic N) is 1. The third-order valence-electron chi connectivity index (χ3n) is 3.48.